The summed E-state index contributed by atoms with van der Waals surface area (Å²) in [6.07, 6.45) is 0.749. The molecule has 0 fully saturated rings. The van der Waals surface area contributed by atoms with Crippen LogP contribution in [0.2, 0.25) is 0 Å². The number of hydrogen-bond donors (Lipinski definition) is 0. The van der Waals surface area contributed by atoms with Gasteiger partial charge in [-0.2, -0.15) is 0 Å². The molecule has 78 valence electrons. The fourth-order valence-corrected chi connectivity index (χ4v) is 2.70. The maximum absolute atomic E-state index is 13.5. The Labute approximate surface area is 90.3 Å². The minimum atomic E-state index is -0.312. The number of methoxy groups -OCH3 is 1. The smallest absolute Gasteiger partial charge is 0.160 e. The third-order valence-corrected chi connectivity index (χ3v) is 3.59. The van der Waals surface area contributed by atoms with Crippen LogP contribution in [0.5, 0.6) is 5.75 Å². The Kier molecular flexibility index (Phi) is 2.44. The van der Waals surface area contributed by atoms with Crippen molar-refractivity contribution < 1.29 is 13.9 Å². The first-order valence-electron chi connectivity index (χ1n) is 4.39. The molecule has 1 aromatic heterocycles. The monoisotopic (exact) mass is 224 g/mol. The summed E-state index contributed by atoms with van der Waals surface area (Å²) in [5.41, 5.74) is 0.682. The molecule has 2 nitrogen and oxygen atoms in total. The fourth-order valence-electron chi connectivity index (χ4n) is 1.57. The first-order chi connectivity index (χ1) is 7.19. The molecule has 0 atom stereocenters. The second kappa shape index (κ2) is 3.62. The van der Waals surface area contributed by atoms with E-state index in [0.717, 1.165) is 6.29 Å². The predicted octanol–water partition coefficient (Wildman–Crippen LogP) is 3.17. The van der Waals surface area contributed by atoms with E-state index in [2.05, 4.69) is 0 Å². The minimum Gasteiger partial charge on any atom is -0.495 e. The van der Waals surface area contributed by atoms with Gasteiger partial charge in [0.15, 0.2) is 6.29 Å². The van der Waals surface area contributed by atoms with Gasteiger partial charge in [-0.3, -0.25) is 4.79 Å². The van der Waals surface area contributed by atoms with E-state index in [4.69, 9.17) is 4.74 Å². The Morgan fingerprint density at radius 3 is 2.80 bits per heavy atom. The van der Waals surface area contributed by atoms with Crippen LogP contribution in [0, 0.1) is 12.7 Å². The molecule has 2 rings (SSSR count). The molecule has 1 aromatic carbocycles. The Balaban J connectivity index is 2.91. The largest absolute Gasteiger partial charge is 0.495 e. The van der Waals surface area contributed by atoms with Crippen LogP contribution in [-0.4, -0.2) is 13.4 Å². The Hall–Kier alpha value is -1.42. The molecule has 0 spiro atoms. The van der Waals surface area contributed by atoms with E-state index in [-0.39, 0.29) is 5.82 Å². The maximum atomic E-state index is 13.5. The van der Waals surface area contributed by atoms with Crippen LogP contribution >= 0.6 is 11.3 Å². The first-order valence-corrected chi connectivity index (χ1v) is 5.21. The van der Waals surface area contributed by atoms with E-state index in [9.17, 15) is 9.18 Å². The van der Waals surface area contributed by atoms with Gasteiger partial charge in [0, 0.05) is 5.39 Å². The average Bonchev–Trinajstić information content (AvgIpc) is 2.57. The summed E-state index contributed by atoms with van der Waals surface area (Å²) in [7, 11) is 1.53. The van der Waals surface area contributed by atoms with E-state index in [1.165, 1.54) is 24.5 Å². The molecule has 15 heavy (non-hydrogen) atoms. The zero-order valence-corrected chi connectivity index (χ0v) is 9.15. The van der Waals surface area contributed by atoms with Gasteiger partial charge in [-0.1, -0.05) is 0 Å². The van der Waals surface area contributed by atoms with Crippen LogP contribution in [0.4, 0.5) is 4.39 Å². The van der Waals surface area contributed by atoms with E-state index < -0.39 is 0 Å². The highest BCUT2D eigenvalue weighted by atomic mass is 32.1. The summed E-state index contributed by atoms with van der Waals surface area (Å²) in [6, 6.07) is 2.93. The number of benzene rings is 1. The summed E-state index contributed by atoms with van der Waals surface area (Å²) in [5, 5.41) is 0.487. The molecule has 0 saturated carbocycles. The molecule has 0 unspecified atom stereocenters. The van der Waals surface area contributed by atoms with Crippen molar-refractivity contribution in [1.29, 1.82) is 0 Å². The fraction of sp³-hybridized carbons (Fsp3) is 0.182. The van der Waals surface area contributed by atoms with Gasteiger partial charge in [-0.15, -0.1) is 11.3 Å². The van der Waals surface area contributed by atoms with Crippen LogP contribution in [0.25, 0.3) is 10.1 Å². The summed E-state index contributed by atoms with van der Waals surface area (Å²) in [4.78, 5) is 11.3. The summed E-state index contributed by atoms with van der Waals surface area (Å²) < 4.78 is 19.4. The SMILES string of the molecule is COc1ccc(F)c2c(C)c(C=O)sc12. The topological polar surface area (TPSA) is 26.3 Å². The average molecular weight is 224 g/mol. The van der Waals surface area contributed by atoms with Crippen molar-refractivity contribution in [2.75, 3.05) is 7.11 Å². The van der Waals surface area contributed by atoms with Crippen molar-refractivity contribution in [2.24, 2.45) is 0 Å². The number of thiophene rings is 1. The van der Waals surface area contributed by atoms with Crippen molar-refractivity contribution in [3.8, 4) is 5.75 Å². The Bertz CT molecular complexity index is 531. The van der Waals surface area contributed by atoms with Crippen molar-refractivity contribution in [3.63, 3.8) is 0 Å². The van der Waals surface area contributed by atoms with Gasteiger partial charge >= 0.3 is 0 Å². The quantitative estimate of drug-likeness (QED) is 0.732. The number of ether oxygens (including phenoxy) is 1. The van der Waals surface area contributed by atoms with Crippen molar-refractivity contribution in [2.45, 2.75) is 6.92 Å². The number of aldehydes is 1. The number of carbonyl (C=O) groups is 1. The molecule has 4 heteroatoms. The standard InChI is InChI=1S/C11H9FO2S/c1-6-9(5-13)15-11-8(14-2)4-3-7(12)10(6)11/h3-5H,1-2H3. The van der Waals surface area contributed by atoms with Crippen LogP contribution in [0.3, 0.4) is 0 Å². The van der Waals surface area contributed by atoms with Crippen LogP contribution in [-0.2, 0) is 0 Å². The van der Waals surface area contributed by atoms with E-state index in [1.807, 2.05) is 0 Å². The molecular formula is C11H9FO2S. The lowest BCUT2D eigenvalue weighted by Crippen LogP contribution is -1.85. The van der Waals surface area contributed by atoms with E-state index in [0.29, 0.717) is 26.3 Å². The second-order valence-electron chi connectivity index (χ2n) is 3.16. The maximum Gasteiger partial charge on any atom is 0.160 e. The second-order valence-corrected chi connectivity index (χ2v) is 4.22. The lowest BCUT2D eigenvalue weighted by Gasteiger charge is -2.01. The lowest BCUT2D eigenvalue weighted by molar-refractivity contribution is 0.112. The zero-order chi connectivity index (χ0) is 11.0. The van der Waals surface area contributed by atoms with E-state index >= 15 is 0 Å². The number of halogens is 1. The van der Waals surface area contributed by atoms with Gasteiger partial charge < -0.3 is 4.74 Å². The Morgan fingerprint density at radius 2 is 2.20 bits per heavy atom. The van der Waals surface area contributed by atoms with Crippen molar-refractivity contribution >= 4 is 27.7 Å². The summed E-state index contributed by atoms with van der Waals surface area (Å²) >= 11 is 1.26. The molecule has 0 N–H and O–H groups in total. The third-order valence-electron chi connectivity index (χ3n) is 2.35. The molecule has 0 amide bonds. The zero-order valence-electron chi connectivity index (χ0n) is 8.33. The lowest BCUT2D eigenvalue weighted by atomic mass is 10.1. The molecule has 0 saturated heterocycles. The molecule has 0 radical (unpaired) electrons. The number of fused-ring (bicyclic) bond motifs is 1. The van der Waals surface area contributed by atoms with Gasteiger partial charge in [-0.05, 0) is 24.6 Å². The van der Waals surface area contributed by atoms with Crippen LogP contribution in [0.15, 0.2) is 12.1 Å². The van der Waals surface area contributed by atoms with Gasteiger partial charge in [0.25, 0.3) is 0 Å². The van der Waals surface area contributed by atoms with Crippen LogP contribution in [0.1, 0.15) is 15.2 Å². The van der Waals surface area contributed by atoms with Gasteiger partial charge in [0.05, 0.1) is 16.7 Å². The number of rotatable bonds is 2. The van der Waals surface area contributed by atoms with E-state index in [1.54, 1.807) is 13.0 Å². The van der Waals surface area contributed by atoms with Crippen molar-refractivity contribution in [3.05, 3.63) is 28.4 Å². The first kappa shape index (κ1) is 10.1. The summed E-state index contributed by atoms with van der Waals surface area (Å²) in [5.74, 6) is 0.292. The number of aryl methyl sites for hydroxylation is 1. The molecular weight excluding hydrogens is 215 g/mol. The molecule has 0 bridgehead atoms. The van der Waals surface area contributed by atoms with Gasteiger partial charge in [0.2, 0.25) is 0 Å². The molecule has 1 heterocycles. The Morgan fingerprint density at radius 1 is 1.47 bits per heavy atom. The highest BCUT2D eigenvalue weighted by Crippen LogP contribution is 2.37. The highest BCUT2D eigenvalue weighted by Gasteiger charge is 2.15. The molecule has 0 aliphatic rings. The third kappa shape index (κ3) is 1.41. The molecule has 0 aliphatic heterocycles. The minimum absolute atomic E-state index is 0.312. The van der Waals surface area contributed by atoms with Crippen LogP contribution < -0.4 is 4.74 Å². The summed E-state index contributed by atoms with van der Waals surface area (Å²) in [6.45, 7) is 1.74. The highest BCUT2D eigenvalue weighted by molar-refractivity contribution is 7.21. The number of hydrogen-bond acceptors (Lipinski definition) is 3. The van der Waals surface area contributed by atoms with Gasteiger partial charge in [-0.25, -0.2) is 4.39 Å². The number of carbonyl (C=O) groups excluding carboxylic acids is 1. The predicted molar refractivity (Wildman–Crippen MR) is 58.5 cm³/mol. The van der Waals surface area contributed by atoms with Crippen molar-refractivity contribution in [1.82, 2.24) is 0 Å². The molecule has 0 aliphatic carbocycles. The van der Waals surface area contributed by atoms with Gasteiger partial charge in [0.1, 0.15) is 11.6 Å². The normalized spacial score (nSPS) is 10.6. The molecule has 2 aromatic rings.